The van der Waals surface area contributed by atoms with E-state index in [1.165, 1.54) is 0 Å². The number of hydrogen-bond acceptors (Lipinski definition) is 4. The predicted octanol–water partition coefficient (Wildman–Crippen LogP) is 2.20. The summed E-state index contributed by atoms with van der Waals surface area (Å²) >= 11 is 11.8. The standard InChI is InChI=1S/C12H13Cl2N3O2/c13-9-1-2-12(11(14)7-9)19-6-4-17-8-10(3-5-18)15-16-17/h1-2,7-8,18H,3-6H2. The molecule has 2 rings (SSSR count). The lowest BCUT2D eigenvalue weighted by Gasteiger charge is -2.07. The highest BCUT2D eigenvalue weighted by atomic mass is 35.5. The van der Waals surface area contributed by atoms with Crippen molar-refractivity contribution in [1.82, 2.24) is 15.0 Å². The molecule has 0 atom stereocenters. The van der Waals surface area contributed by atoms with Crippen molar-refractivity contribution in [3.63, 3.8) is 0 Å². The molecule has 0 bridgehead atoms. The SMILES string of the molecule is OCCc1cn(CCOc2ccc(Cl)cc2Cl)nn1. The number of halogens is 2. The quantitative estimate of drug-likeness (QED) is 0.888. The van der Waals surface area contributed by atoms with E-state index in [9.17, 15) is 0 Å². The molecule has 0 spiro atoms. The van der Waals surface area contributed by atoms with Crippen LogP contribution in [-0.2, 0) is 13.0 Å². The van der Waals surface area contributed by atoms with Gasteiger partial charge < -0.3 is 9.84 Å². The Morgan fingerprint density at radius 3 is 2.89 bits per heavy atom. The van der Waals surface area contributed by atoms with Crippen molar-refractivity contribution in [1.29, 1.82) is 0 Å². The van der Waals surface area contributed by atoms with Gasteiger partial charge in [0.15, 0.2) is 0 Å². The van der Waals surface area contributed by atoms with E-state index in [2.05, 4.69) is 10.3 Å². The Bertz CT molecular complexity index is 546. The van der Waals surface area contributed by atoms with Crippen LogP contribution in [-0.4, -0.2) is 33.3 Å². The van der Waals surface area contributed by atoms with E-state index in [1.54, 1.807) is 29.1 Å². The molecule has 0 radical (unpaired) electrons. The van der Waals surface area contributed by atoms with E-state index < -0.39 is 0 Å². The molecule has 1 N–H and O–H groups in total. The molecule has 1 aromatic carbocycles. The first kappa shape index (κ1) is 14.1. The van der Waals surface area contributed by atoms with Crippen LogP contribution in [0.5, 0.6) is 5.75 Å². The topological polar surface area (TPSA) is 60.2 Å². The number of benzene rings is 1. The summed E-state index contributed by atoms with van der Waals surface area (Å²) in [5, 5.41) is 17.7. The molecule has 19 heavy (non-hydrogen) atoms. The van der Waals surface area contributed by atoms with Crippen LogP contribution in [0.15, 0.2) is 24.4 Å². The van der Waals surface area contributed by atoms with E-state index in [1.807, 2.05) is 0 Å². The van der Waals surface area contributed by atoms with Crippen molar-refractivity contribution in [3.8, 4) is 5.75 Å². The van der Waals surface area contributed by atoms with E-state index in [0.29, 0.717) is 35.4 Å². The zero-order valence-electron chi connectivity index (χ0n) is 10.1. The van der Waals surface area contributed by atoms with Crippen molar-refractivity contribution in [2.24, 2.45) is 0 Å². The lowest BCUT2D eigenvalue weighted by molar-refractivity contribution is 0.290. The molecule has 0 aliphatic carbocycles. The fraction of sp³-hybridized carbons (Fsp3) is 0.333. The van der Waals surface area contributed by atoms with Crippen molar-refractivity contribution < 1.29 is 9.84 Å². The van der Waals surface area contributed by atoms with Crippen LogP contribution < -0.4 is 4.74 Å². The molecule has 0 aliphatic rings. The average molecular weight is 302 g/mol. The van der Waals surface area contributed by atoms with E-state index in [-0.39, 0.29) is 6.61 Å². The van der Waals surface area contributed by atoms with Gasteiger partial charge >= 0.3 is 0 Å². The summed E-state index contributed by atoms with van der Waals surface area (Å²) in [4.78, 5) is 0. The summed E-state index contributed by atoms with van der Waals surface area (Å²) < 4.78 is 7.20. The number of ether oxygens (including phenoxy) is 1. The summed E-state index contributed by atoms with van der Waals surface area (Å²) in [6.07, 6.45) is 2.28. The van der Waals surface area contributed by atoms with Gasteiger partial charge in [0.05, 0.1) is 17.3 Å². The number of nitrogens with zero attached hydrogens (tertiary/aromatic N) is 3. The van der Waals surface area contributed by atoms with E-state index in [0.717, 1.165) is 5.69 Å². The normalized spacial score (nSPS) is 10.7. The highest BCUT2D eigenvalue weighted by molar-refractivity contribution is 6.35. The second kappa shape index (κ2) is 6.75. The van der Waals surface area contributed by atoms with Gasteiger partial charge in [-0.3, -0.25) is 0 Å². The molecule has 0 amide bonds. The maximum absolute atomic E-state index is 8.78. The summed E-state index contributed by atoms with van der Waals surface area (Å²) in [5.74, 6) is 0.585. The third-order valence-electron chi connectivity index (χ3n) is 2.43. The Morgan fingerprint density at radius 1 is 1.32 bits per heavy atom. The van der Waals surface area contributed by atoms with Crippen LogP contribution in [0.4, 0.5) is 0 Å². The lowest BCUT2D eigenvalue weighted by atomic mass is 10.3. The third-order valence-corrected chi connectivity index (χ3v) is 2.96. The Hall–Kier alpha value is -1.30. The van der Waals surface area contributed by atoms with Crippen molar-refractivity contribution in [2.45, 2.75) is 13.0 Å². The molecule has 5 nitrogen and oxygen atoms in total. The maximum Gasteiger partial charge on any atom is 0.138 e. The fourth-order valence-corrected chi connectivity index (χ4v) is 1.98. The van der Waals surface area contributed by atoms with Gasteiger partial charge in [0, 0.05) is 24.2 Å². The second-order valence-electron chi connectivity index (χ2n) is 3.87. The fourth-order valence-electron chi connectivity index (χ4n) is 1.52. The van der Waals surface area contributed by atoms with Gasteiger partial charge in [0.2, 0.25) is 0 Å². The molecule has 0 fully saturated rings. The third kappa shape index (κ3) is 4.09. The van der Waals surface area contributed by atoms with Crippen LogP contribution in [0.1, 0.15) is 5.69 Å². The molecule has 0 unspecified atom stereocenters. The van der Waals surface area contributed by atoms with Crippen LogP contribution in [0, 0.1) is 0 Å². The number of aliphatic hydroxyl groups is 1. The molecule has 0 aliphatic heterocycles. The Balaban J connectivity index is 1.85. The van der Waals surface area contributed by atoms with Gasteiger partial charge in [0.25, 0.3) is 0 Å². The molecule has 7 heteroatoms. The molecule has 2 aromatic rings. The number of hydrogen-bond donors (Lipinski definition) is 1. The van der Waals surface area contributed by atoms with Gasteiger partial charge in [0.1, 0.15) is 12.4 Å². The van der Waals surface area contributed by atoms with E-state index in [4.69, 9.17) is 33.0 Å². The molecule has 102 valence electrons. The van der Waals surface area contributed by atoms with Crippen molar-refractivity contribution >= 4 is 23.2 Å². The second-order valence-corrected chi connectivity index (χ2v) is 4.71. The summed E-state index contributed by atoms with van der Waals surface area (Å²) in [6, 6.07) is 5.08. The summed E-state index contributed by atoms with van der Waals surface area (Å²) in [6.45, 7) is 1.04. The van der Waals surface area contributed by atoms with Crippen LogP contribution >= 0.6 is 23.2 Å². The van der Waals surface area contributed by atoms with Gasteiger partial charge in [-0.2, -0.15) is 0 Å². The molecular weight excluding hydrogens is 289 g/mol. The van der Waals surface area contributed by atoms with Gasteiger partial charge in [-0.15, -0.1) is 5.10 Å². The first-order chi connectivity index (χ1) is 9.19. The van der Waals surface area contributed by atoms with Crippen molar-refractivity contribution in [3.05, 3.63) is 40.1 Å². The Morgan fingerprint density at radius 2 is 2.16 bits per heavy atom. The first-order valence-corrected chi connectivity index (χ1v) is 6.52. The zero-order valence-corrected chi connectivity index (χ0v) is 11.6. The van der Waals surface area contributed by atoms with Gasteiger partial charge in [-0.05, 0) is 18.2 Å². The minimum atomic E-state index is 0.0651. The van der Waals surface area contributed by atoms with Gasteiger partial charge in [-0.25, -0.2) is 4.68 Å². The molecular formula is C12H13Cl2N3O2. The zero-order chi connectivity index (χ0) is 13.7. The number of rotatable bonds is 6. The largest absolute Gasteiger partial charge is 0.490 e. The smallest absolute Gasteiger partial charge is 0.138 e. The molecule has 0 saturated carbocycles. The van der Waals surface area contributed by atoms with Crippen LogP contribution in [0.2, 0.25) is 10.0 Å². The maximum atomic E-state index is 8.78. The van der Waals surface area contributed by atoms with E-state index >= 15 is 0 Å². The number of aliphatic hydroxyl groups excluding tert-OH is 1. The van der Waals surface area contributed by atoms with Crippen molar-refractivity contribution in [2.75, 3.05) is 13.2 Å². The molecule has 0 saturated heterocycles. The first-order valence-electron chi connectivity index (χ1n) is 5.77. The predicted molar refractivity (Wildman–Crippen MR) is 72.8 cm³/mol. The molecule has 1 aromatic heterocycles. The van der Waals surface area contributed by atoms with Gasteiger partial charge in [-0.1, -0.05) is 28.4 Å². The Labute approximate surface area is 120 Å². The van der Waals surface area contributed by atoms with Crippen LogP contribution in [0.25, 0.3) is 0 Å². The highest BCUT2D eigenvalue weighted by Gasteiger charge is 2.03. The monoisotopic (exact) mass is 301 g/mol. The van der Waals surface area contributed by atoms with Crippen LogP contribution in [0.3, 0.4) is 0 Å². The number of aromatic nitrogens is 3. The lowest BCUT2D eigenvalue weighted by Crippen LogP contribution is -2.09. The summed E-state index contributed by atoms with van der Waals surface area (Å²) in [5.41, 5.74) is 0.757. The average Bonchev–Trinajstić information content (AvgIpc) is 2.80. The summed E-state index contributed by atoms with van der Waals surface area (Å²) in [7, 11) is 0. The minimum absolute atomic E-state index is 0.0651. The Kier molecular flexibility index (Phi) is 5.01. The minimum Gasteiger partial charge on any atom is -0.490 e. The highest BCUT2D eigenvalue weighted by Crippen LogP contribution is 2.27. The molecule has 1 heterocycles.